The summed E-state index contributed by atoms with van der Waals surface area (Å²) in [5, 5.41) is 3.45. The highest BCUT2D eigenvalue weighted by atomic mass is 16.5. The van der Waals surface area contributed by atoms with Gasteiger partial charge in [0, 0.05) is 0 Å². The Morgan fingerprint density at radius 3 is 2.82 bits per heavy atom. The molecule has 0 heterocycles. The van der Waals surface area contributed by atoms with Crippen molar-refractivity contribution in [2.45, 2.75) is 33.1 Å². The molecule has 0 aromatic heterocycles. The fourth-order valence-electron chi connectivity index (χ4n) is 1.95. The van der Waals surface area contributed by atoms with Crippen LogP contribution < -0.4 is 10.1 Å². The lowest BCUT2D eigenvalue weighted by Crippen LogP contribution is -2.18. The average molecular weight is 235 g/mol. The third-order valence-corrected chi connectivity index (χ3v) is 2.96. The maximum atomic E-state index is 5.24. The van der Waals surface area contributed by atoms with Crippen LogP contribution in [0.2, 0.25) is 0 Å². The van der Waals surface area contributed by atoms with Crippen molar-refractivity contribution in [3.63, 3.8) is 0 Å². The van der Waals surface area contributed by atoms with E-state index in [9.17, 15) is 0 Å². The van der Waals surface area contributed by atoms with Crippen LogP contribution in [0.3, 0.4) is 0 Å². The molecule has 0 fully saturated rings. The molecule has 0 amide bonds. The summed E-state index contributed by atoms with van der Waals surface area (Å²) in [5.41, 5.74) is 1.37. The highest BCUT2D eigenvalue weighted by Crippen LogP contribution is 2.17. The van der Waals surface area contributed by atoms with Crippen LogP contribution in [0.4, 0.5) is 0 Å². The molecule has 0 bridgehead atoms. The zero-order valence-corrected chi connectivity index (χ0v) is 11.3. The van der Waals surface area contributed by atoms with Crippen LogP contribution in [0.5, 0.6) is 5.75 Å². The van der Waals surface area contributed by atoms with Crippen molar-refractivity contribution in [3.05, 3.63) is 29.8 Å². The monoisotopic (exact) mass is 235 g/mol. The molecule has 1 N–H and O–H groups in total. The molecule has 2 nitrogen and oxygen atoms in total. The maximum Gasteiger partial charge on any atom is 0.119 e. The summed E-state index contributed by atoms with van der Waals surface area (Å²) in [5.74, 6) is 1.67. The molecule has 1 unspecified atom stereocenters. The Kier molecular flexibility index (Phi) is 6.71. The molecular weight excluding hydrogens is 210 g/mol. The Balaban J connectivity index is 2.31. The summed E-state index contributed by atoms with van der Waals surface area (Å²) in [6.45, 7) is 6.77. The standard InChI is InChI=1S/C15H25NO/c1-4-9-16-10-8-13(2)11-14-6-5-7-15(12-14)17-3/h5-7,12-13,16H,4,8-11H2,1-3H3. The fourth-order valence-corrected chi connectivity index (χ4v) is 1.95. The van der Waals surface area contributed by atoms with E-state index in [1.807, 2.05) is 6.07 Å². The minimum Gasteiger partial charge on any atom is -0.497 e. The van der Waals surface area contributed by atoms with E-state index in [-0.39, 0.29) is 0 Å². The van der Waals surface area contributed by atoms with Gasteiger partial charge in [0.25, 0.3) is 0 Å². The summed E-state index contributed by atoms with van der Waals surface area (Å²) < 4.78 is 5.24. The first-order valence-corrected chi connectivity index (χ1v) is 6.60. The van der Waals surface area contributed by atoms with Gasteiger partial charge in [-0.15, -0.1) is 0 Å². The second kappa shape index (κ2) is 8.13. The average Bonchev–Trinajstić information content (AvgIpc) is 2.35. The van der Waals surface area contributed by atoms with E-state index < -0.39 is 0 Å². The second-order valence-electron chi connectivity index (χ2n) is 4.70. The van der Waals surface area contributed by atoms with Crippen molar-refractivity contribution in [2.24, 2.45) is 5.92 Å². The Bertz CT molecular complexity index is 312. The molecular formula is C15H25NO. The Hall–Kier alpha value is -1.02. The van der Waals surface area contributed by atoms with Gasteiger partial charge in [0.2, 0.25) is 0 Å². The van der Waals surface area contributed by atoms with Crippen molar-refractivity contribution in [1.82, 2.24) is 5.32 Å². The minimum absolute atomic E-state index is 0.714. The van der Waals surface area contributed by atoms with Gasteiger partial charge in [-0.1, -0.05) is 26.0 Å². The lowest BCUT2D eigenvalue weighted by Gasteiger charge is -2.12. The van der Waals surface area contributed by atoms with E-state index >= 15 is 0 Å². The summed E-state index contributed by atoms with van der Waals surface area (Å²) in [6.07, 6.45) is 3.58. The van der Waals surface area contributed by atoms with Gasteiger partial charge in [-0.3, -0.25) is 0 Å². The maximum absolute atomic E-state index is 5.24. The highest BCUT2D eigenvalue weighted by molar-refractivity contribution is 5.28. The van der Waals surface area contributed by atoms with Crippen molar-refractivity contribution in [2.75, 3.05) is 20.2 Å². The number of nitrogens with one attached hydrogen (secondary N) is 1. The van der Waals surface area contributed by atoms with E-state index in [0.29, 0.717) is 5.92 Å². The van der Waals surface area contributed by atoms with Crippen LogP contribution in [-0.2, 0) is 6.42 Å². The smallest absolute Gasteiger partial charge is 0.119 e. The van der Waals surface area contributed by atoms with Gasteiger partial charge in [0.1, 0.15) is 5.75 Å². The van der Waals surface area contributed by atoms with Gasteiger partial charge in [0.15, 0.2) is 0 Å². The fraction of sp³-hybridized carbons (Fsp3) is 0.600. The number of hydrogen-bond acceptors (Lipinski definition) is 2. The van der Waals surface area contributed by atoms with E-state index in [2.05, 4.69) is 37.4 Å². The summed E-state index contributed by atoms with van der Waals surface area (Å²) >= 11 is 0. The number of hydrogen-bond donors (Lipinski definition) is 1. The quantitative estimate of drug-likeness (QED) is 0.698. The molecule has 1 rings (SSSR count). The summed E-state index contributed by atoms with van der Waals surface area (Å²) in [7, 11) is 1.72. The van der Waals surface area contributed by atoms with Gasteiger partial charge in [-0.2, -0.15) is 0 Å². The molecule has 17 heavy (non-hydrogen) atoms. The number of ether oxygens (including phenoxy) is 1. The predicted octanol–water partition coefficient (Wildman–Crippen LogP) is 3.26. The Labute approximate surface area is 105 Å². The molecule has 96 valence electrons. The van der Waals surface area contributed by atoms with E-state index in [1.165, 1.54) is 18.4 Å². The SMILES string of the molecule is CCCNCCC(C)Cc1cccc(OC)c1. The molecule has 1 aromatic carbocycles. The van der Waals surface area contributed by atoms with E-state index in [1.54, 1.807) is 7.11 Å². The summed E-state index contributed by atoms with van der Waals surface area (Å²) in [6, 6.07) is 8.38. The van der Waals surface area contributed by atoms with Gasteiger partial charge in [-0.05, 0) is 56.0 Å². The first-order valence-electron chi connectivity index (χ1n) is 6.60. The molecule has 0 aliphatic rings. The highest BCUT2D eigenvalue weighted by Gasteiger charge is 2.04. The van der Waals surface area contributed by atoms with Crippen LogP contribution in [0.15, 0.2) is 24.3 Å². The van der Waals surface area contributed by atoms with Crippen LogP contribution in [-0.4, -0.2) is 20.2 Å². The van der Waals surface area contributed by atoms with Crippen LogP contribution in [0.1, 0.15) is 32.3 Å². The number of rotatable bonds is 8. The first kappa shape index (κ1) is 14.0. The topological polar surface area (TPSA) is 21.3 Å². The molecule has 1 atom stereocenters. The zero-order valence-electron chi connectivity index (χ0n) is 11.3. The van der Waals surface area contributed by atoms with Crippen LogP contribution in [0, 0.1) is 5.92 Å². The molecule has 0 saturated heterocycles. The van der Waals surface area contributed by atoms with Crippen molar-refractivity contribution >= 4 is 0 Å². The van der Waals surface area contributed by atoms with Crippen molar-refractivity contribution in [3.8, 4) is 5.75 Å². The number of methoxy groups -OCH3 is 1. The molecule has 0 aliphatic carbocycles. The van der Waals surface area contributed by atoms with Crippen LogP contribution >= 0.6 is 0 Å². The zero-order chi connectivity index (χ0) is 12.5. The molecule has 0 spiro atoms. The third-order valence-electron chi connectivity index (χ3n) is 2.96. The second-order valence-corrected chi connectivity index (χ2v) is 4.70. The first-order chi connectivity index (χ1) is 8.26. The lowest BCUT2D eigenvalue weighted by molar-refractivity contribution is 0.413. The Morgan fingerprint density at radius 2 is 2.12 bits per heavy atom. The van der Waals surface area contributed by atoms with Crippen molar-refractivity contribution < 1.29 is 4.74 Å². The number of benzene rings is 1. The van der Waals surface area contributed by atoms with Gasteiger partial charge < -0.3 is 10.1 Å². The lowest BCUT2D eigenvalue weighted by atomic mass is 9.98. The normalized spacial score (nSPS) is 12.4. The van der Waals surface area contributed by atoms with Crippen LogP contribution in [0.25, 0.3) is 0 Å². The van der Waals surface area contributed by atoms with E-state index in [4.69, 9.17) is 4.74 Å². The molecule has 2 heteroatoms. The largest absolute Gasteiger partial charge is 0.497 e. The van der Waals surface area contributed by atoms with Gasteiger partial charge in [0.05, 0.1) is 7.11 Å². The summed E-state index contributed by atoms with van der Waals surface area (Å²) in [4.78, 5) is 0. The van der Waals surface area contributed by atoms with E-state index in [0.717, 1.165) is 25.3 Å². The third kappa shape index (κ3) is 5.73. The van der Waals surface area contributed by atoms with Crippen molar-refractivity contribution in [1.29, 1.82) is 0 Å². The minimum atomic E-state index is 0.714. The Morgan fingerprint density at radius 1 is 1.29 bits per heavy atom. The predicted molar refractivity (Wildman–Crippen MR) is 73.6 cm³/mol. The molecule has 0 aliphatic heterocycles. The molecule has 1 aromatic rings. The molecule has 0 saturated carbocycles. The van der Waals surface area contributed by atoms with Gasteiger partial charge in [-0.25, -0.2) is 0 Å². The van der Waals surface area contributed by atoms with Gasteiger partial charge >= 0.3 is 0 Å². The molecule has 0 radical (unpaired) electrons.